The molecule has 0 bridgehead atoms. The van der Waals surface area contributed by atoms with E-state index in [0.29, 0.717) is 18.4 Å². The largest absolute Gasteiger partial charge is 0.480 e. The van der Waals surface area contributed by atoms with Crippen molar-refractivity contribution >= 4 is 23.5 Å². The zero-order chi connectivity index (χ0) is 17.0. The Morgan fingerprint density at radius 1 is 1.39 bits per heavy atom. The number of hydrogen-bond donors (Lipinski definition) is 2. The molecule has 1 aliphatic rings. The molecule has 1 aromatic rings. The smallest absolute Gasteiger partial charge is 0.326 e. The third kappa shape index (κ3) is 3.87. The normalized spacial score (nSPS) is 15.0. The van der Waals surface area contributed by atoms with Gasteiger partial charge in [0.05, 0.1) is 0 Å². The lowest BCUT2D eigenvalue weighted by atomic mass is 9.98. The van der Waals surface area contributed by atoms with E-state index in [1.54, 1.807) is 30.1 Å². The van der Waals surface area contributed by atoms with Crippen molar-refractivity contribution in [2.75, 3.05) is 25.7 Å². The summed E-state index contributed by atoms with van der Waals surface area (Å²) in [5, 5.41) is 11.6. The Morgan fingerprint density at radius 3 is 2.78 bits per heavy atom. The minimum atomic E-state index is -1.10. The van der Waals surface area contributed by atoms with E-state index in [0.717, 1.165) is 11.3 Å². The molecule has 23 heavy (non-hydrogen) atoms. The number of hydrogen-bond acceptors (Lipinski definition) is 4. The number of aryl methyl sites for hydroxylation is 1. The molecule has 1 unspecified atom stereocenters. The zero-order valence-corrected chi connectivity index (χ0v) is 13.2. The molecule has 2 amide bonds. The summed E-state index contributed by atoms with van der Waals surface area (Å²) in [5.41, 5.74) is 2.07. The highest BCUT2D eigenvalue weighted by molar-refractivity contribution is 5.99. The van der Waals surface area contributed by atoms with Crippen molar-refractivity contribution in [1.29, 1.82) is 0 Å². The number of benzene rings is 1. The third-order valence-corrected chi connectivity index (χ3v) is 3.90. The van der Waals surface area contributed by atoms with E-state index in [2.05, 4.69) is 5.32 Å². The fourth-order valence-electron chi connectivity index (χ4n) is 2.53. The number of methoxy groups -OCH3 is 1. The van der Waals surface area contributed by atoms with E-state index in [1.807, 2.05) is 0 Å². The van der Waals surface area contributed by atoms with Crippen LogP contribution in [0.1, 0.15) is 28.8 Å². The van der Waals surface area contributed by atoms with Crippen LogP contribution in [0.25, 0.3) is 0 Å². The van der Waals surface area contributed by atoms with Crippen molar-refractivity contribution in [2.45, 2.75) is 25.3 Å². The van der Waals surface area contributed by atoms with Crippen molar-refractivity contribution in [3.63, 3.8) is 0 Å². The molecule has 0 saturated carbocycles. The highest BCUT2D eigenvalue weighted by Crippen LogP contribution is 2.27. The van der Waals surface area contributed by atoms with Gasteiger partial charge in [-0.3, -0.25) is 9.59 Å². The van der Waals surface area contributed by atoms with Gasteiger partial charge in [0, 0.05) is 44.9 Å². The molecule has 1 aliphatic heterocycles. The number of anilines is 1. The van der Waals surface area contributed by atoms with Crippen molar-refractivity contribution < 1.29 is 24.2 Å². The Kier molecular flexibility index (Phi) is 5.33. The second-order valence-electron chi connectivity index (χ2n) is 5.44. The first-order chi connectivity index (χ1) is 10.9. The molecule has 0 spiro atoms. The Labute approximate surface area is 134 Å². The van der Waals surface area contributed by atoms with Crippen LogP contribution in [0.3, 0.4) is 0 Å². The SMILES string of the molecule is COCCC(NC(=O)c1ccc2c(c1)CCC(=O)N2C)C(=O)O. The number of carboxylic acid groups (broad SMARTS) is 1. The minimum Gasteiger partial charge on any atom is -0.480 e. The van der Waals surface area contributed by atoms with E-state index in [9.17, 15) is 14.4 Å². The highest BCUT2D eigenvalue weighted by Gasteiger charge is 2.24. The number of aliphatic carboxylic acids is 1. The van der Waals surface area contributed by atoms with Gasteiger partial charge in [0.1, 0.15) is 6.04 Å². The lowest BCUT2D eigenvalue weighted by molar-refractivity contribution is -0.139. The Hall–Kier alpha value is -2.41. The molecule has 0 saturated heterocycles. The average Bonchev–Trinajstić information content (AvgIpc) is 2.54. The Morgan fingerprint density at radius 2 is 2.13 bits per heavy atom. The molecule has 0 aromatic heterocycles. The zero-order valence-electron chi connectivity index (χ0n) is 13.2. The van der Waals surface area contributed by atoms with Crippen molar-refractivity contribution in [2.24, 2.45) is 0 Å². The third-order valence-electron chi connectivity index (χ3n) is 3.90. The second-order valence-corrected chi connectivity index (χ2v) is 5.44. The summed E-state index contributed by atoms with van der Waals surface area (Å²) in [6, 6.07) is 4.02. The van der Waals surface area contributed by atoms with Crippen LogP contribution in [0.2, 0.25) is 0 Å². The van der Waals surface area contributed by atoms with Crippen LogP contribution in [-0.2, 0) is 20.7 Å². The average molecular weight is 320 g/mol. The highest BCUT2D eigenvalue weighted by atomic mass is 16.5. The lowest BCUT2D eigenvalue weighted by Gasteiger charge is -2.26. The maximum absolute atomic E-state index is 12.3. The lowest BCUT2D eigenvalue weighted by Crippen LogP contribution is -2.41. The van der Waals surface area contributed by atoms with Crippen LogP contribution in [0.15, 0.2) is 18.2 Å². The Balaban J connectivity index is 2.14. The van der Waals surface area contributed by atoms with Crippen LogP contribution in [0.5, 0.6) is 0 Å². The molecule has 0 aliphatic carbocycles. The summed E-state index contributed by atoms with van der Waals surface area (Å²) in [5.74, 6) is -1.50. The maximum Gasteiger partial charge on any atom is 0.326 e. The molecule has 7 heteroatoms. The fourth-order valence-corrected chi connectivity index (χ4v) is 2.53. The number of nitrogens with zero attached hydrogens (tertiary/aromatic N) is 1. The summed E-state index contributed by atoms with van der Waals surface area (Å²) in [7, 11) is 3.17. The van der Waals surface area contributed by atoms with Crippen molar-refractivity contribution in [3.05, 3.63) is 29.3 Å². The van der Waals surface area contributed by atoms with E-state index in [4.69, 9.17) is 9.84 Å². The summed E-state index contributed by atoms with van der Waals surface area (Å²) >= 11 is 0. The predicted molar refractivity (Wildman–Crippen MR) is 83.6 cm³/mol. The number of nitrogens with one attached hydrogen (secondary N) is 1. The predicted octanol–water partition coefficient (Wildman–Crippen LogP) is 0.815. The molecular formula is C16H20N2O5. The van der Waals surface area contributed by atoms with Crippen molar-refractivity contribution in [1.82, 2.24) is 5.32 Å². The van der Waals surface area contributed by atoms with Gasteiger partial charge in [0.25, 0.3) is 5.91 Å². The topological polar surface area (TPSA) is 95.9 Å². The van der Waals surface area contributed by atoms with E-state index in [1.165, 1.54) is 7.11 Å². The molecular weight excluding hydrogens is 300 g/mol. The number of fused-ring (bicyclic) bond motifs is 1. The molecule has 2 N–H and O–H groups in total. The molecule has 1 atom stereocenters. The number of carbonyl (C=O) groups excluding carboxylic acids is 2. The molecule has 1 heterocycles. The van der Waals surface area contributed by atoms with Gasteiger partial charge in [-0.25, -0.2) is 4.79 Å². The van der Waals surface area contributed by atoms with E-state index in [-0.39, 0.29) is 18.9 Å². The number of carboxylic acids is 1. The van der Waals surface area contributed by atoms with Gasteiger partial charge in [-0.2, -0.15) is 0 Å². The van der Waals surface area contributed by atoms with Gasteiger partial charge < -0.3 is 20.1 Å². The molecule has 1 aromatic carbocycles. The van der Waals surface area contributed by atoms with Crippen LogP contribution in [-0.4, -0.2) is 49.7 Å². The summed E-state index contributed by atoms with van der Waals surface area (Å²) in [4.78, 5) is 36.7. The molecule has 0 fully saturated rings. The van der Waals surface area contributed by atoms with Gasteiger partial charge in [0.2, 0.25) is 5.91 Å². The monoisotopic (exact) mass is 320 g/mol. The number of rotatable bonds is 6. The summed E-state index contributed by atoms with van der Waals surface area (Å²) < 4.78 is 4.85. The Bertz CT molecular complexity index is 629. The van der Waals surface area contributed by atoms with E-state index >= 15 is 0 Å². The van der Waals surface area contributed by atoms with Crippen LogP contribution < -0.4 is 10.2 Å². The van der Waals surface area contributed by atoms with Crippen LogP contribution in [0, 0.1) is 0 Å². The van der Waals surface area contributed by atoms with Gasteiger partial charge in [-0.15, -0.1) is 0 Å². The first kappa shape index (κ1) is 17.0. The second kappa shape index (κ2) is 7.23. The molecule has 7 nitrogen and oxygen atoms in total. The fraction of sp³-hybridized carbons (Fsp3) is 0.438. The minimum absolute atomic E-state index is 0.0419. The van der Waals surface area contributed by atoms with Gasteiger partial charge >= 0.3 is 5.97 Å². The summed E-state index contributed by atoms with van der Waals surface area (Å²) in [6.07, 6.45) is 1.17. The van der Waals surface area contributed by atoms with Crippen LogP contribution >= 0.6 is 0 Å². The first-order valence-corrected chi connectivity index (χ1v) is 7.36. The number of amides is 2. The summed E-state index contributed by atoms with van der Waals surface area (Å²) in [6.45, 7) is 0.244. The molecule has 124 valence electrons. The first-order valence-electron chi connectivity index (χ1n) is 7.36. The number of ether oxygens (including phenoxy) is 1. The van der Waals surface area contributed by atoms with E-state index < -0.39 is 17.9 Å². The van der Waals surface area contributed by atoms with Crippen molar-refractivity contribution in [3.8, 4) is 0 Å². The maximum atomic E-state index is 12.3. The standard InChI is InChI=1S/C16H20N2O5/c1-18-13-5-3-11(9-10(13)4-6-14(18)19)15(20)17-12(16(21)22)7-8-23-2/h3,5,9,12H,4,6-8H2,1-2H3,(H,17,20)(H,21,22). The molecule has 2 rings (SSSR count). The van der Waals surface area contributed by atoms with Gasteiger partial charge in [-0.05, 0) is 30.2 Å². The quantitative estimate of drug-likeness (QED) is 0.809. The number of carbonyl (C=O) groups is 3. The molecule has 0 radical (unpaired) electrons. The van der Waals surface area contributed by atoms with Gasteiger partial charge in [-0.1, -0.05) is 0 Å². The van der Waals surface area contributed by atoms with Crippen LogP contribution in [0.4, 0.5) is 5.69 Å². The van der Waals surface area contributed by atoms with Gasteiger partial charge in [0.15, 0.2) is 0 Å².